The lowest BCUT2D eigenvalue weighted by Crippen LogP contribution is -2.31. The molecule has 1 aromatic carbocycles. The Balaban J connectivity index is 2.38. The SMILES string of the molecule is CCC(C)N(C)CCC(=O)Nc1cccc(N)c1. The number of hydrogen-bond donors (Lipinski definition) is 2. The molecule has 3 N–H and O–H groups in total. The van der Waals surface area contributed by atoms with E-state index in [-0.39, 0.29) is 5.91 Å². The molecule has 0 saturated heterocycles. The molecule has 0 aliphatic rings. The van der Waals surface area contributed by atoms with Crippen LogP contribution in [0.25, 0.3) is 0 Å². The van der Waals surface area contributed by atoms with E-state index in [4.69, 9.17) is 5.73 Å². The summed E-state index contributed by atoms with van der Waals surface area (Å²) in [6.45, 7) is 5.08. The third kappa shape index (κ3) is 4.75. The van der Waals surface area contributed by atoms with E-state index in [9.17, 15) is 4.79 Å². The zero-order valence-electron chi connectivity index (χ0n) is 11.4. The number of hydrogen-bond acceptors (Lipinski definition) is 3. The van der Waals surface area contributed by atoms with Gasteiger partial charge in [0.15, 0.2) is 0 Å². The molecule has 1 atom stereocenters. The van der Waals surface area contributed by atoms with Crippen LogP contribution >= 0.6 is 0 Å². The van der Waals surface area contributed by atoms with Crippen molar-refractivity contribution < 1.29 is 4.79 Å². The lowest BCUT2D eigenvalue weighted by Gasteiger charge is -2.22. The molecule has 0 aromatic heterocycles. The van der Waals surface area contributed by atoms with Crippen molar-refractivity contribution >= 4 is 17.3 Å². The van der Waals surface area contributed by atoms with Gasteiger partial charge in [0, 0.05) is 30.4 Å². The quantitative estimate of drug-likeness (QED) is 0.761. The molecule has 0 spiro atoms. The summed E-state index contributed by atoms with van der Waals surface area (Å²) < 4.78 is 0. The summed E-state index contributed by atoms with van der Waals surface area (Å²) in [6, 6.07) is 7.73. The van der Waals surface area contributed by atoms with Gasteiger partial charge in [0.1, 0.15) is 0 Å². The maximum Gasteiger partial charge on any atom is 0.225 e. The Morgan fingerprint density at radius 3 is 2.83 bits per heavy atom. The number of nitrogens with one attached hydrogen (secondary N) is 1. The predicted molar refractivity (Wildman–Crippen MR) is 76.5 cm³/mol. The molecule has 0 saturated carbocycles. The smallest absolute Gasteiger partial charge is 0.225 e. The van der Waals surface area contributed by atoms with Crippen LogP contribution in [-0.4, -0.2) is 30.4 Å². The highest BCUT2D eigenvalue weighted by molar-refractivity contribution is 5.91. The second-order valence-electron chi connectivity index (χ2n) is 4.66. The highest BCUT2D eigenvalue weighted by atomic mass is 16.1. The molecule has 4 nitrogen and oxygen atoms in total. The van der Waals surface area contributed by atoms with Gasteiger partial charge in [-0.3, -0.25) is 4.79 Å². The summed E-state index contributed by atoms with van der Waals surface area (Å²) in [5.74, 6) is 0.0238. The van der Waals surface area contributed by atoms with Gasteiger partial charge in [0.25, 0.3) is 0 Å². The van der Waals surface area contributed by atoms with Crippen molar-refractivity contribution in [1.82, 2.24) is 4.90 Å². The van der Waals surface area contributed by atoms with E-state index in [1.807, 2.05) is 19.2 Å². The fraction of sp³-hybridized carbons (Fsp3) is 0.500. The number of amides is 1. The van der Waals surface area contributed by atoms with Crippen LogP contribution in [0.5, 0.6) is 0 Å². The minimum Gasteiger partial charge on any atom is -0.399 e. The number of carbonyl (C=O) groups is 1. The summed E-state index contributed by atoms with van der Waals surface area (Å²) in [5, 5.41) is 2.85. The van der Waals surface area contributed by atoms with Crippen LogP contribution in [0.15, 0.2) is 24.3 Å². The average Bonchev–Trinajstić information content (AvgIpc) is 2.35. The second-order valence-corrected chi connectivity index (χ2v) is 4.66. The Morgan fingerprint density at radius 1 is 1.50 bits per heavy atom. The van der Waals surface area contributed by atoms with E-state index < -0.39 is 0 Å². The first-order valence-electron chi connectivity index (χ1n) is 6.38. The van der Waals surface area contributed by atoms with Crippen molar-refractivity contribution in [2.45, 2.75) is 32.7 Å². The van der Waals surface area contributed by atoms with Crippen molar-refractivity contribution in [2.75, 3.05) is 24.6 Å². The summed E-state index contributed by atoms with van der Waals surface area (Å²) in [6.07, 6.45) is 1.59. The van der Waals surface area contributed by atoms with Crippen molar-refractivity contribution in [3.8, 4) is 0 Å². The van der Waals surface area contributed by atoms with Gasteiger partial charge >= 0.3 is 0 Å². The van der Waals surface area contributed by atoms with Crippen LogP contribution in [0.4, 0.5) is 11.4 Å². The first-order chi connectivity index (χ1) is 8.52. The minimum atomic E-state index is 0.0238. The van der Waals surface area contributed by atoms with Crippen molar-refractivity contribution in [3.05, 3.63) is 24.3 Å². The van der Waals surface area contributed by atoms with E-state index in [1.54, 1.807) is 12.1 Å². The zero-order valence-corrected chi connectivity index (χ0v) is 11.4. The van der Waals surface area contributed by atoms with Crippen LogP contribution in [0, 0.1) is 0 Å². The van der Waals surface area contributed by atoms with Gasteiger partial charge in [-0.05, 0) is 38.6 Å². The molecule has 1 rings (SSSR count). The Hall–Kier alpha value is -1.55. The molecule has 0 radical (unpaired) electrons. The van der Waals surface area contributed by atoms with Crippen LogP contribution < -0.4 is 11.1 Å². The average molecular weight is 249 g/mol. The third-order valence-electron chi connectivity index (χ3n) is 3.21. The Kier molecular flexibility index (Phi) is 5.65. The number of benzene rings is 1. The van der Waals surface area contributed by atoms with Crippen molar-refractivity contribution in [1.29, 1.82) is 0 Å². The topological polar surface area (TPSA) is 58.4 Å². The molecule has 0 fully saturated rings. The van der Waals surface area contributed by atoms with E-state index in [2.05, 4.69) is 24.1 Å². The molecule has 1 amide bonds. The first-order valence-corrected chi connectivity index (χ1v) is 6.38. The van der Waals surface area contributed by atoms with Gasteiger partial charge in [-0.25, -0.2) is 0 Å². The fourth-order valence-corrected chi connectivity index (χ4v) is 1.65. The van der Waals surface area contributed by atoms with Crippen LogP contribution in [0.2, 0.25) is 0 Å². The molecule has 1 aromatic rings. The van der Waals surface area contributed by atoms with E-state index in [0.29, 0.717) is 18.2 Å². The monoisotopic (exact) mass is 249 g/mol. The number of nitrogen functional groups attached to an aromatic ring is 1. The lowest BCUT2D eigenvalue weighted by atomic mass is 10.2. The molecular weight excluding hydrogens is 226 g/mol. The number of anilines is 2. The Bertz CT molecular complexity index is 392. The normalized spacial score (nSPS) is 12.4. The minimum absolute atomic E-state index is 0.0238. The molecule has 0 aliphatic heterocycles. The molecule has 0 heterocycles. The molecule has 18 heavy (non-hydrogen) atoms. The molecule has 0 bridgehead atoms. The predicted octanol–water partition coefficient (Wildman–Crippen LogP) is 2.33. The van der Waals surface area contributed by atoms with E-state index in [0.717, 1.165) is 18.7 Å². The van der Waals surface area contributed by atoms with Crippen LogP contribution in [-0.2, 0) is 4.79 Å². The van der Waals surface area contributed by atoms with Crippen molar-refractivity contribution in [3.63, 3.8) is 0 Å². The number of nitrogens with zero attached hydrogens (tertiary/aromatic N) is 1. The number of carbonyl (C=O) groups excluding carboxylic acids is 1. The molecular formula is C14H23N3O. The standard InChI is InChI=1S/C14H23N3O/c1-4-11(2)17(3)9-8-14(18)16-13-7-5-6-12(15)10-13/h5-7,10-11H,4,8-9,15H2,1-3H3,(H,16,18). The largest absolute Gasteiger partial charge is 0.399 e. The number of rotatable bonds is 6. The number of nitrogens with two attached hydrogens (primary N) is 1. The molecule has 0 aliphatic carbocycles. The van der Waals surface area contributed by atoms with Crippen LogP contribution in [0.1, 0.15) is 26.7 Å². The summed E-state index contributed by atoms with van der Waals surface area (Å²) in [5.41, 5.74) is 7.07. The van der Waals surface area contributed by atoms with E-state index >= 15 is 0 Å². The highest BCUT2D eigenvalue weighted by Crippen LogP contribution is 2.12. The molecule has 100 valence electrons. The molecule has 1 unspecified atom stereocenters. The second kappa shape index (κ2) is 7.01. The Morgan fingerprint density at radius 2 is 2.22 bits per heavy atom. The van der Waals surface area contributed by atoms with Gasteiger partial charge in [-0.2, -0.15) is 0 Å². The van der Waals surface area contributed by atoms with Gasteiger partial charge in [-0.1, -0.05) is 13.0 Å². The summed E-state index contributed by atoms with van der Waals surface area (Å²) in [7, 11) is 2.04. The zero-order chi connectivity index (χ0) is 13.5. The van der Waals surface area contributed by atoms with Gasteiger partial charge in [0.05, 0.1) is 0 Å². The molecule has 4 heteroatoms. The van der Waals surface area contributed by atoms with Crippen LogP contribution in [0.3, 0.4) is 0 Å². The summed E-state index contributed by atoms with van der Waals surface area (Å²) >= 11 is 0. The fourth-order valence-electron chi connectivity index (χ4n) is 1.65. The van der Waals surface area contributed by atoms with Gasteiger partial charge < -0.3 is 16.0 Å². The Labute approximate surface area is 109 Å². The van der Waals surface area contributed by atoms with Gasteiger partial charge in [0.2, 0.25) is 5.91 Å². The van der Waals surface area contributed by atoms with E-state index in [1.165, 1.54) is 0 Å². The van der Waals surface area contributed by atoms with Crippen molar-refractivity contribution in [2.24, 2.45) is 0 Å². The van der Waals surface area contributed by atoms with Gasteiger partial charge in [-0.15, -0.1) is 0 Å². The first kappa shape index (κ1) is 14.5. The lowest BCUT2D eigenvalue weighted by molar-refractivity contribution is -0.116. The maximum atomic E-state index is 11.8. The highest BCUT2D eigenvalue weighted by Gasteiger charge is 2.09. The summed E-state index contributed by atoms with van der Waals surface area (Å²) in [4.78, 5) is 14.0. The third-order valence-corrected chi connectivity index (χ3v) is 3.21. The maximum absolute atomic E-state index is 11.8.